The molecule has 0 saturated carbocycles. The van der Waals surface area contributed by atoms with Crippen molar-refractivity contribution >= 4 is 5.95 Å². The van der Waals surface area contributed by atoms with Crippen LogP contribution in [0.3, 0.4) is 0 Å². The Morgan fingerprint density at radius 3 is 2.38 bits per heavy atom. The van der Waals surface area contributed by atoms with E-state index >= 15 is 0 Å². The largest absolute Gasteiger partial charge is 0.336 e. The molecule has 1 fully saturated rings. The van der Waals surface area contributed by atoms with E-state index in [4.69, 9.17) is 4.52 Å². The highest BCUT2D eigenvalue weighted by Gasteiger charge is 2.42. The minimum Gasteiger partial charge on any atom is -0.336 e. The minimum atomic E-state index is -3.99. The quantitative estimate of drug-likeness (QED) is 0.781. The molecule has 0 unspecified atom stereocenters. The molecule has 0 amide bonds. The second-order valence-electron chi connectivity index (χ2n) is 5.59. The average molecular weight is 344 g/mol. The van der Waals surface area contributed by atoms with Crippen LogP contribution >= 0.6 is 0 Å². The van der Waals surface area contributed by atoms with Crippen LogP contribution in [0, 0.1) is 0 Å². The molecule has 9 heteroatoms. The molecule has 0 spiro atoms. The molecular weight excluding hydrogens is 328 g/mol. The molecule has 1 aromatic carbocycles. The van der Waals surface area contributed by atoms with Crippen molar-refractivity contribution in [2.45, 2.75) is 12.3 Å². The predicted octanol–water partition coefficient (Wildman–Crippen LogP) is 2.76. The van der Waals surface area contributed by atoms with Crippen LogP contribution in [0.2, 0.25) is 0 Å². The fourth-order valence-corrected chi connectivity index (χ4v) is 2.52. The summed E-state index contributed by atoms with van der Waals surface area (Å²) >= 11 is 0. The average Bonchev–Trinajstić information content (AvgIpc) is 3.06. The standard InChI is InChI=1S/C15H16F4N4O/c16-13(17)15(18,19)10-22-6-8-23(9-7-22)14-20-12(24-21-14)11-4-2-1-3-5-11/h1-5,13H,6-10H2. The lowest BCUT2D eigenvalue weighted by molar-refractivity contribution is -0.142. The number of piperazine rings is 1. The van der Waals surface area contributed by atoms with Crippen LogP contribution in [0.4, 0.5) is 23.5 Å². The van der Waals surface area contributed by atoms with Gasteiger partial charge in [-0.3, -0.25) is 4.90 Å². The number of hydrogen-bond acceptors (Lipinski definition) is 5. The summed E-state index contributed by atoms with van der Waals surface area (Å²) in [5.74, 6) is -3.25. The van der Waals surface area contributed by atoms with Crippen LogP contribution in [-0.2, 0) is 0 Å². The highest BCUT2D eigenvalue weighted by atomic mass is 19.3. The van der Waals surface area contributed by atoms with Gasteiger partial charge in [0.15, 0.2) is 0 Å². The van der Waals surface area contributed by atoms with Gasteiger partial charge >= 0.3 is 12.3 Å². The molecule has 0 radical (unpaired) electrons. The van der Waals surface area contributed by atoms with Gasteiger partial charge in [-0.05, 0) is 17.3 Å². The summed E-state index contributed by atoms with van der Waals surface area (Å²) in [5.41, 5.74) is 0.784. The fourth-order valence-electron chi connectivity index (χ4n) is 2.52. The molecule has 0 bridgehead atoms. The van der Waals surface area contributed by atoms with Crippen molar-refractivity contribution in [3.05, 3.63) is 30.3 Å². The second kappa shape index (κ2) is 6.76. The lowest BCUT2D eigenvalue weighted by atomic mass is 10.2. The molecule has 5 nitrogen and oxygen atoms in total. The maximum Gasteiger partial charge on any atom is 0.319 e. The van der Waals surface area contributed by atoms with Crippen molar-refractivity contribution in [2.75, 3.05) is 37.6 Å². The number of benzene rings is 1. The molecular formula is C15H16F4N4O. The Hall–Kier alpha value is -2.16. The van der Waals surface area contributed by atoms with E-state index in [9.17, 15) is 17.6 Å². The van der Waals surface area contributed by atoms with Gasteiger partial charge in [0, 0.05) is 31.7 Å². The molecule has 0 aliphatic carbocycles. The van der Waals surface area contributed by atoms with Crippen molar-refractivity contribution in [1.29, 1.82) is 0 Å². The van der Waals surface area contributed by atoms with Crippen LogP contribution in [-0.4, -0.2) is 60.1 Å². The second-order valence-corrected chi connectivity index (χ2v) is 5.59. The highest BCUT2D eigenvalue weighted by Crippen LogP contribution is 2.25. The Balaban J connectivity index is 1.59. The number of halogens is 4. The zero-order valence-corrected chi connectivity index (χ0v) is 12.7. The molecule has 1 saturated heterocycles. The molecule has 0 N–H and O–H groups in total. The SMILES string of the molecule is FC(F)C(F)(F)CN1CCN(c2noc(-c3ccccc3)n2)CC1. The van der Waals surface area contributed by atoms with Gasteiger partial charge in [0.2, 0.25) is 0 Å². The van der Waals surface area contributed by atoms with E-state index in [2.05, 4.69) is 10.1 Å². The van der Waals surface area contributed by atoms with Gasteiger partial charge in [-0.2, -0.15) is 13.8 Å². The van der Waals surface area contributed by atoms with Crippen LogP contribution in [0.15, 0.2) is 34.9 Å². The van der Waals surface area contributed by atoms with Crippen LogP contribution in [0.25, 0.3) is 11.5 Å². The molecule has 24 heavy (non-hydrogen) atoms. The van der Waals surface area contributed by atoms with E-state index in [1.54, 1.807) is 4.90 Å². The molecule has 2 heterocycles. The third-order valence-electron chi connectivity index (χ3n) is 3.84. The number of hydrogen-bond donors (Lipinski definition) is 0. The van der Waals surface area contributed by atoms with E-state index in [0.29, 0.717) is 24.9 Å². The van der Waals surface area contributed by atoms with Gasteiger partial charge in [0.25, 0.3) is 11.8 Å². The third-order valence-corrected chi connectivity index (χ3v) is 3.84. The molecule has 3 rings (SSSR count). The zero-order chi connectivity index (χ0) is 17.2. The third kappa shape index (κ3) is 3.66. The summed E-state index contributed by atoms with van der Waals surface area (Å²) < 4.78 is 55.9. The van der Waals surface area contributed by atoms with E-state index in [0.717, 1.165) is 5.56 Å². The van der Waals surface area contributed by atoms with E-state index < -0.39 is 18.9 Å². The minimum absolute atomic E-state index is 0.234. The van der Waals surface area contributed by atoms with Crippen LogP contribution < -0.4 is 4.90 Å². The smallest absolute Gasteiger partial charge is 0.319 e. The predicted molar refractivity (Wildman–Crippen MR) is 79.3 cm³/mol. The Morgan fingerprint density at radius 1 is 1.08 bits per heavy atom. The number of anilines is 1. The topological polar surface area (TPSA) is 45.4 Å². The monoisotopic (exact) mass is 344 g/mol. The maximum absolute atomic E-state index is 13.1. The summed E-state index contributed by atoms with van der Waals surface area (Å²) in [6, 6.07) is 9.24. The number of aromatic nitrogens is 2. The van der Waals surface area contributed by atoms with Gasteiger partial charge in [0.05, 0.1) is 6.54 Å². The lowest BCUT2D eigenvalue weighted by Crippen LogP contribution is -2.51. The first-order valence-corrected chi connectivity index (χ1v) is 7.48. The van der Waals surface area contributed by atoms with E-state index in [1.807, 2.05) is 30.3 Å². The van der Waals surface area contributed by atoms with Gasteiger partial charge in [0.1, 0.15) is 0 Å². The summed E-state index contributed by atoms with van der Waals surface area (Å²) in [6.07, 6.45) is -3.65. The summed E-state index contributed by atoms with van der Waals surface area (Å²) in [4.78, 5) is 7.40. The fraction of sp³-hybridized carbons (Fsp3) is 0.467. The van der Waals surface area contributed by atoms with Crippen LogP contribution in [0.1, 0.15) is 0 Å². The highest BCUT2D eigenvalue weighted by molar-refractivity contribution is 5.54. The molecule has 2 aromatic rings. The van der Waals surface area contributed by atoms with E-state index in [1.165, 1.54) is 4.90 Å². The van der Waals surface area contributed by atoms with E-state index in [-0.39, 0.29) is 13.1 Å². The number of rotatable bonds is 5. The zero-order valence-electron chi connectivity index (χ0n) is 12.7. The first-order valence-electron chi connectivity index (χ1n) is 7.48. The summed E-state index contributed by atoms with van der Waals surface area (Å²) in [7, 11) is 0. The Labute approximate surface area is 135 Å². The van der Waals surface area contributed by atoms with Crippen molar-refractivity contribution < 1.29 is 22.1 Å². The Bertz CT molecular complexity index is 657. The van der Waals surface area contributed by atoms with Crippen molar-refractivity contribution in [1.82, 2.24) is 15.0 Å². The Morgan fingerprint density at radius 2 is 1.75 bits per heavy atom. The van der Waals surface area contributed by atoms with Crippen molar-refractivity contribution in [3.8, 4) is 11.5 Å². The van der Waals surface area contributed by atoms with Gasteiger partial charge in [-0.1, -0.05) is 18.2 Å². The Kier molecular flexibility index (Phi) is 4.70. The number of alkyl halides is 4. The van der Waals surface area contributed by atoms with Gasteiger partial charge in [-0.25, -0.2) is 8.78 Å². The normalized spacial score (nSPS) is 16.8. The first kappa shape index (κ1) is 16.7. The lowest BCUT2D eigenvalue weighted by Gasteiger charge is -2.35. The van der Waals surface area contributed by atoms with Crippen molar-refractivity contribution in [3.63, 3.8) is 0 Å². The van der Waals surface area contributed by atoms with Gasteiger partial charge in [-0.15, -0.1) is 0 Å². The number of nitrogens with zero attached hydrogens (tertiary/aromatic N) is 4. The molecule has 0 atom stereocenters. The first-order chi connectivity index (χ1) is 11.5. The molecule has 130 valence electrons. The summed E-state index contributed by atoms with van der Waals surface area (Å²) in [5, 5.41) is 3.90. The molecule has 1 aromatic heterocycles. The molecule has 1 aliphatic heterocycles. The van der Waals surface area contributed by atoms with Crippen LogP contribution in [0.5, 0.6) is 0 Å². The van der Waals surface area contributed by atoms with Crippen molar-refractivity contribution in [2.24, 2.45) is 0 Å². The van der Waals surface area contributed by atoms with Gasteiger partial charge < -0.3 is 9.42 Å². The maximum atomic E-state index is 13.1. The summed E-state index contributed by atoms with van der Waals surface area (Å²) in [6.45, 7) is 0.259. The molecule has 1 aliphatic rings.